The highest BCUT2D eigenvalue weighted by atomic mass is 16.2. The number of hydrogen-bond acceptors (Lipinski definition) is 2. The Labute approximate surface area is 80.3 Å². The molecule has 1 aliphatic rings. The van der Waals surface area contributed by atoms with E-state index in [2.05, 4.69) is 0 Å². The molecule has 2 nitrogen and oxygen atoms in total. The molecule has 1 N–H and O–H groups in total. The molecule has 0 amide bonds. The Bertz CT molecular complexity index is 154. The van der Waals surface area contributed by atoms with Crippen molar-refractivity contribution in [2.24, 2.45) is 5.92 Å². The number of hydrogen-bond donors (Lipinski definition) is 1. The standard InChI is InChI=1S/C11H20O2/c12-9-4-2-1-3-6-10-7-5-8-11(10)13/h10,12H,1-9H2. The lowest BCUT2D eigenvalue weighted by molar-refractivity contribution is -0.120. The van der Waals surface area contributed by atoms with Gasteiger partial charge in [-0.2, -0.15) is 0 Å². The molecule has 1 saturated carbocycles. The molecule has 0 aromatic heterocycles. The van der Waals surface area contributed by atoms with Crippen molar-refractivity contribution < 1.29 is 9.90 Å². The van der Waals surface area contributed by atoms with Gasteiger partial charge in [-0.1, -0.05) is 19.3 Å². The Morgan fingerprint density at radius 2 is 2.00 bits per heavy atom. The summed E-state index contributed by atoms with van der Waals surface area (Å²) in [6.45, 7) is 0.308. The second-order valence-electron chi connectivity index (χ2n) is 3.98. The third kappa shape index (κ3) is 3.90. The molecular weight excluding hydrogens is 164 g/mol. The van der Waals surface area contributed by atoms with Crippen LogP contribution in [-0.2, 0) is 4.79 Å². The van der Waals surface area contributed by atoms with E-state index in [-0.39, 0.29) is 0 Å². The molecule has 0 bridgehead atoms. The SMILES string of the molecule is O=C1CCCC1CCCCCCO. The van der Waals surface area contributed by atoms with Gasteiger partial charge < -0.3 is 5.11 Å². The Kier molecular flexibility index (Phi) is 5.06. The molecule has 0 aliphatic heterocycles. The van der Waals surface area contributed by atoms with Gasteiger partial charge in [0.2, 0.25) is 0 Å². The molecule has 76 valence electrons. The van der Waals surface area contributed by atoms with Crippen LogP contribution < -0.4 is 0 Å². The van der Waals surface area contributed by atoms with Crippen LogP contribution in [0.4, 0.5) is 0 Å². The number of Topliss-reactive ketones (excluding diaryl/α,β-unsaturated/α-hetero) is 1. The van der Waals surface area contributed by atoms with Gasteiger partial charge in [0, 0.05) is 18.9 Å². The van der Waals surface area contributed by atoms with Gasteiger partial charge in [-0.15, -0.1) is 0 Å². The second-order valence-corrected chi connectivity index (χ2v) is 3.98. The van der Waals surface area contributed by atoms with Crippen molar-refractivity contribution in [1.82, 2.24) is 0 Å². The summed E-state index contributed by atoms with van der Waals surface area (Å²) in [7, 11) is 0. The Morgan fingerprint density at radius 3 is 2.62 bits per heavy atom. The highest BCUT2D eigenvalue weighted by molar-refractivity contribution is 5.82. The molecule has 1 atom stereocenters. The molecule has 0 aromatic carbocycles. The second kappa shape index (κ2) is 6.14. The first kappa shape index (κ1) is 10.7. The molecule has 1 unspecified atom stereocenters. The van der Waals surface area contributed by atoms with Crippen LogP contribution in [0.15, 0.2) is 0 Å². The van der Waals surface area contributed by atoms with Crippen molar-refractivity contribution >= 4 is 5.78 Å². The minimum atomic E-state index is 0.308. The Morgan fingerprint density at radius 1 is 1.23 bits per heavy atom. The van der Waals surface area contributed by atoms with Crippen LogP contribution in [0.25, 0.3) is 0 Å². The van der Waals surface area contributed by atoms with Crippen LogP contribution in [-0.4, -0.2) is 17.5 Å². The third-order valence-corrected chi connectivity index (χ3v) is 2.89. The summed E-state index contributed by atoms with van der Waals surface area (Å²) in [5.74, 6) is 0.872. The zero-order valence-electron chi connectivity index (χ0n) is 8.30. The molecule has 1 fully saturated rings. The lowest BCUT2D eigenvalue weighted by atomic mass is 9.99. The molecular formula is C11H20O2. The molecule has 13 heavy (non-hydrogen) atoms. The zero-order valence-corrected chi connectivity index (χ0v) is 8.30. The molecule has 0 heterocycles. The first-order valence-corrected chi connectivity index (χ1v) is 5.48. The van der Waals surface area contributed by atoms with E-state index in [1.165, 1.54) is 6.42 Å². The van der Waals surface area contributed by atoms with Crippen molar-refractivity contribution in [2.75, 3.05) is 6.61 Å². The van der Waals surface area contributed by atoms with E-state index in [4.69, 9.17) is 5.11 Å². The van der Waals surface area contributed by atoms with Crippen molar-refractivity contribution in [3.63, 3.8) is 0 Å². The summed E-state index contributed by atoms with van der Waals surface area (Å²) in [4.78, 5) is 11.3. The zero-order chi connectivity index (χ0) is 9.52. The Hall–Kier alpha value is -0.370. The lowest BCUT2D eigenvalue weighted by Crippen LogP contribution is -2.05. The van der Waals surface area contributed by atoms with Gasteiger partial charge in [0.1, 0.15) is 5.78 Å². The number of aliphatic hydroxyl groups excluding tert-OH is 1. The van der Waals surface area contributed by atoms with E-state index in [1.807, 2.05) is 0 Å². The summed E-state index contributed by atoms with van der Waals surface area (Å²) in [5.41, 5.74) is 0. The summed E-state index contributed by atoms with van der Waals surface area (Å²) >= 11 is 0. The predicted molar refractivity (Wildman–Crippen MR) is 52.5 cm³/mol. The van der Waals surface area contributed by atoms with E-state index >= 15 is 0 Å². The topological polar surface area (TPSA) is 37.3 Å². The maximum atomic E-state index is 11.3. The van der Waals surface area contributed by atoms with Crippen LogP contribution >= 0.6 is 0 Å². The van der Waals surface area contributed by atoms with Gasteiger partial charge in [-0.3, -0.25) is 4.79 Å². The monoisotopic (exact) mass is 184 g/mol. The average molecular weight is 184 g/mol. The van der Waals surface area contributed by atoms with Crippen LogP contribution in [0.3, 0.4) is 0 Å². The maximum absolute atomic E-state index is 11.3. The van der Waals surface area contributed by atoms with Gasteiger partial charge in [-0.05, 0) is 25.7 Å². The van der Waals surface area contributed by atoms with Crippen LogP contribution in [0.2, 0.25) is 0 Å². The lowest BCUT2D eigenvalue weighted by Gasteiger charge is -2.06. The number of aliphatic hydroxyl groups is 1. The number of carbonyl (C=O) groups is 1. The van der Waals surface area contributed by atoms with Crippen LogP contribution in [0, 0.1) is 5.92 Å². The molecule has 0 radical (unpaired) electrons. The fourth-order valence-corrected chi connectivity index (χ4v) is 2.05. The van der Waals surface area contributed by atoms with E-state index in [0.29, 0.717) is 18.3 Å². The highest BCUT2D eigenvalue weighted by Crippen LogP contribution is 2.26. The fraction of sp³-hybridized carbons (Fsp3) is 0.909. The van der Waals surface area contributed by atoms with E-state index in [1.54, 1.807) is 0 Å². The van der Waals surface area contributed by atoms with Gasteiger partial charge >= 0.3 is 0 Å². The normalized spacial score (nSPS) is 22.5. The quantitative estimate of drug-likeness (QED) is 0.643. The summed E-state index contributed by atoms with van der Waals surface area (Å²) < 4.78 is 0. The van der Waals surface area contributed by atoms with Crippen molar-refractivity contribution in [1.29, 1.82) is 0 Å². The number of ketones is 1. The van der Waals surface area contributed by atoms with Crippen molar-refractivity contribution in [2.45, 2.75) is 51.4 Å². The molecule has 0 spiro atoms. The van der Waals surface area contributed by atoms with E-state index in [9.17, 15) is 4.79 Å². The minimum absolute atomic E-state index is 0.308. The van der Waals surface area contributed by atoms with E-state index < -0.39 is 0 Å². The summed E-state index contributed by atoms with van der Waals surface area (Å²) in [6, 6.07) is 0. The van der Waals surface area contributed by atoms with E-state index in [0.717, 1.165) is 44.9 Å². The molecule has 0 saturated heterocycles. The average Bonchev–Trinajstić information content (AvgIpc) is 2.52. The molecule has 1 rings (SSSR count). The predicted octanol–water partition coefficient (Wildman–Crippen LogP) is 2.30. The molecule has 0 aromatic rings. The van der Waals surface area contributed by atoms with Crippen molar-refractivity contribution in [3.8, 4) is 0 Å². The minimum Gasteiger partial charge on any atom is -0.396 e. The van der Waals surface area contributed by atoms with Gasteiger partial charge in [0.05, 0.1) is 0 Å². The Balaban J connectivity index is 1.96. The number of rotatable bonds is 6. The van der Waals surface area contributed by atoms with Gasteiger partial charge in [-0.25, -0.2) is 0 Å². The van der Waals surface area contributed by atoms with Crippen LogP contribution in [0.5, 0.6) is 0 Å². The number of unbranched alkanes of at least 4 members (excludes halogenated alkanes) is 3. The third-order valence-electron chi connectivity index (χ3n) is 2.89. The fourth-order valence-electron chi connectivity index (χ4n) is 2.05. The van der Waals surface area contributed by atoms with Crippen molar-refractivity contribution in [3.05, 3.63) is 0 Å². The summed E-state index contributed by atoms with van der Waals surface area (Å²) in [5, 5.41) is 8.57. The highest BCUT2D eigenvalue weighted by Gasteiger charge is 2.23. The van der Waals surface area contributed by atoms with Crippen LogP contribution in [0.1, 0.15) is 51.4 Å². The molecule has 1 aliphatic carbocycles. The van der Waals surface area contributed by atoms with Gasteiger partial charge in [0.25, 0.3) is 0 Å². The smallest absolute Gasteiger partial charge is 0.135 e. The molecule has 2 heteroatoms. The first-order valence-electron chi connectivity index (χ1n) is 5.48. The maximum Gasteiger partial charge on any atom is 0.135 e. The number of carbonyl (C=O) groups excluding carboxylic acids is 1. The largest absolute Gasteiger partial charge is 0.396 e. The first-order chi connectivity index (χ1) is 6.34. The van der Waals surface area contributed by atoms with Gasteiger partial charge in [0.15, 0.2) is 0 Å². The summed E-state index contributed by atoms with van der Waals surface area (Å²) in [6.07, 6.45) is 8.50.